The number of halogens is 2. The van der Waals surface area contributed by atoms with Gasteiger partial charge in [-0.2, -0.15) is 0 Å². The van der Waals surface area contributed by atoms with E-state index in [1.807, 2.05) is 4.90 Å². The number of aromatic nitrogens is 1. The number of aryl methyl sites for hydroxylation is 1. The molecule has 0 spiro atoms. The highest BCUT2D eigenvalue weighted by atomic mass is 127. The fourth-order valence-electron chi connectivity index (χ4n) is 3.25. The van der Waals surface area contributed by atoms with Gasteiger partial charge in [0.15, 0.2) is 17.6 Å². The van der Waals surface area contributed by atoms with E-state index in [0.29, 0.717) is 5.82 Å². The van der Waals surface area contributed by atoms with Gasteiger partial charge in [0, 0.05) is 38.4 Å². The molecule has 1 aliphatic heterocycles. The van der Waals surface area contributed by atoms with Crippen LogP contribution in [0.1, 0.15) is 24.5 Å². The van der Waals surface area contributed by atoms with Crippen molar-refractivity contribution >= 4 is 35.8 Å². The minimum atomic E-state index is -0.267. The molecule has 0 radical (unpaired) electrons. The summed E-state index contributed by atoms with van der Waals surface area (Å²) in [6.45, 7) is 7.19. The number of benzene rings is 1. The maximum Gasteiger partial charge on any atom is 0.191 e. The molecule has 0 saturated carbocycles. The van der Waals surface area contributed by atoms with Crippen LogP contribution in [-0.2, 0) is 6.42 Å². The molecule has 1 saturated heterocycles. The van der Waals surface area contributed by atoms with Gasteiger partial charge in [-0.25, -0.2) is 9.37 Å². The van der Waals surface area contributed by atoms with Gasteiger partial charge >= 0.3 is 0 Å². The van der Waals surface area contributed by atoms with Crippen molar-refractivity contribution in [2.45, 2.75) is 32.7 Å². The summed E-state index contributed by atoms with van der Waals surface area (Å²) in [7, 11) is 0. The fraction of sp³-hybridized carbons (Fsp3) is 0.429. The Morgan fingerprint density at radius 3 is 2.79 bits per heavy atom. The van der Waals surface area contributed by atoms with Crippen LogP contribution in [0, 0.1) is 12.7 Å². The van der Waals surface area contributed by atoms with Crippen molar-refractivity contribution in [2.75, 3.05) is 31.1 Å². The van der Waals surface area contributed by atoms with Crippen LogP contribution in [0.5, 0.6) is 0 Å². The van der Waals surface area contributed by atoms with E-state index >= 15 is 0 Å². The number of nitrogens with zero attached hydrogens (tertiary/aromatic N) is 3. The minimum Gasteiger partial charge on any atom is -0.357 e. The first kappa shape index (κ1) is 22.4. The topological polar surface area (TPSA) is 52.6 Å². The molecule has 1 unspecified atom stereocenters. The van der Waals surface area contributed by atoms with Crippen LogP contribution >= 0.6 is 24.0 Å². The number of aliphatic imine (C=N–C) groups is 1. The Kier molecular flexibility index (Phi) is 8.95. The Bertz CT molecular complexity index is 766. The molecule has 1 aromatic carbocycles. The molecule has 1 atom stereocenters. The van der Waals surface area contributed by atoms with E-state index < -0.39 is 0 Å². The Hall–Kier alpha value is -1.90. The minimum absolute atomic E-state index is 0. The summed E-state index contributed by atoms with van der Waals surface area (Å²) >= 11 is 0. The first-order valence-corrected chi connectivity index (χ1v) is 9.61. The normalized spacial score (nSPS) is 16.6. The lowest BCUT2D eigenvalue weighted by Crippen LogP contribution is -2.44. The Balaban J connectivity index is 0.00000280. The van der Waals surface area contributed by atoms with Crippen molar-refractivity contribution in [1.29, 1.82) is 0 Å². The zero-order valence-corrected chi connectivity index (χ0v) is 18.8. The number of hydrogen-bond donors (Lipinski definition) is 2. The van der Waals surface area contributed by atoms with E-state index in [2.05, 4.69) is 53.7 Å². The number of pyridine rings is 1. The van der Waals surface area contributed by atoms with Crippen LogP contribution < -0.4 is 15.5 Å². The van der Waals surface area contributed by atoms with Gasteiger partial charge in [0.2, 0.25) is 0 Å². The van der Waals surface area contributed by atoms with E-state index in [4.69, 9.17) is 4.99 Å². The number of guanidine groups is 1. The van der Waals surface area contributed by atoms with Crippen LogP contribution in [-0.4, -0.2) is 43.2 Å². The summed E-state index contributed by atoms with van der Waals surface area (Å²) in [6, 6.07) is 11.9. The molecule has 1 fully saturated rings. The molecule has 2 aromatic rings. The lowest BCUT2D eigenvalue weighted by atomic mass is 10.1. The van der Waals surface area contributed by atoms with Crippen molar-refractivity contribution in [2.24, 2.45) is 4.99 Å². The molecular formula is C21H29FIN5. The van der Waals surface area contributed by atoms with E-state index in [1.165, 1.54) is 17.2 Å². The molecule has 0 bridgehead atoms. The second-order valence-electron chi connectivity index (χ2n) is 6.88. The van der Waals surface area contributed by atoms with Crippen LogP contribution in [0.3, 0.4) is 0 Å². The van der Waals surface area contributed by atoms with E-state index in [1.54, 1.807) is 12.3 Å². The summed E-state index contributed by atoms with van der Waals surface area (Å²) in [5.41, 5.74) is 2.56. The summed E-state index contributed by atoms with van der Waals surface area (Å²) < 4.78 is 13.9. The number of hydrogen-bond acceptors (Lipinski definition) is 3. The molecule has 28 heavy (non-hydrogen) atoms. The molecular weight excluding hydrogens is 468 g/mol. The van der Waals surface area contributed by atoms with Crippen molar-refractivity contribution in [1.82, 2.24) is 15.6 Å². The van der Waals surface area contributed by atoms with Crippen molar-refractivity contribution < 1.29 is 4.39 Å². The number of anilines is 1. The van der Waals surface area contributed by atoms with Crippen LogP contribution in [0.4, 0.5) is 10.2 Å². The third-order valence-electron chi connectivity index (χ3n) is 4.70. The van der Waals surface area contributed by atoms with Crippen molar-refractivity contribution in [3.63, 3.8) is 0 Å². The highest BCUT2D eigenvalue weighted by Crippen LogP contribution is 2.20. The van der Waals surface area contributed by atoms with E-state index in [9.17, 15) is 4.39 Å². The van der Waals surface area contributed by atoms with Gasteiger partial charge in [0.1, 0.15) is 0 Å². The van der Waals surface area contributed by atoms with Crippen LogP contribution in [0.15, 0.2) is 47.6 Å². The summed E-state index contributed by atoms with van der Waals surface area (Å²) in [6.07, 6.45) is 3.47. The van der Waals surface area contributed by atoms with Gasteiger partial charge in [-0.15, -0.1) is 24.0 Å². The Morgan fingerprint density at radius 1 is 1.29 bits per heavy atom. The third-order valence-corrected chi connectivity index (χ3v) is 4.70. The second-order valence-corrected chi connectivity index (χ2v) is 6.88. The average molecular weight is 497 g/mol. The zero-order chi connectivity index (χ0) is 19.1. The van der Waals surface area contributed by atoms with E-state index in [-0.39, 0.29) is 35.8 Å². The van der Waals surface area contributed by atoms with Gasteiger partial charge in [0.05, 0.1) is 0 Å². The lowest BCUT2D eigenvalue weighted by Gasteiger charge is -2.20. The smallest absolute Gasteiger partial charge is 0.191 e. The predicted octanol–water partition coefficient (Wildman–Crippen LogP) is 3.52. The Morgan fingerprint density at radius 2 is 2.07 bits per heavy atom. The van der Waals surface area contributed by atoms with Crippen molar-refractivity contribution in [3.8, 4) is 0 Å². The standard InChI is InChI=1S/C21H28FN5.HI/c1-3-23-21(25-13-10-17-8-6-16(2)7-9-17)26-18-11-14-27(15-18)20-19(22)5-4-12-24-20;/h4-9,12,18H,3,10-11,13-15H2,1-2H3,(H2,23,25,26);1H. The highest BCUT2D eigenvalue weighted by molar-refractivity contribution is 14.0. The van der Waals surface area contributed by atoms with Gasteiger partial charge in [0.25, 0.3) is 0 Å². The quantitative estimate of drug-likeness (QED) is 0.365. The first-order valence-electron chi connectivity index (χ1n) is 9.61. The molecule has 2 heterocycles. The second kappa shape index (κ2) is 11.2. The zero-order valence-electron chi connectivity index (χ0n) is 16.5. The Labute approximate surface area is 183 Å². The largest absolute Gasteiger partial charge is 0.357 e. The summed E-state index contributed by atoms with van der Waals surface area (Å²) in [5.74, 6) is 0.984. The molecule has 1 aromatic heterocycles. The number of rotatable bonds is 6. The molecule has 152 valence electrons. The van der Waals surface area contributed by atoms with Crippen LogP contribution in [0.2, 0.25) is 0 Å². The van der Waals surface area contributed by atoms with Gasteiger partial charge < -0.3 is 15.5 Å². The number of nitrogens with one attached hydrogen (secondary N) is 2. The molecule has 7 heteroatoms. The van der Waals surface area contributed by atoms with Gasteiger partial charge in [-0.3, -0.25) is 4.99 Å². The highest BCUT2D eigenvalue weighted by Gasteiger charge is 2.25. The molecule has 2 N–H and O–H groups in total. The van der Waals surface area contributed by atoms with Crippen LogP contribution in [0.25, 0.3) is 0 Å². The third kappa shape index (κ3) is 6.32. The maximum atomic E-state index is 13.9. The first-order chi connectivity index (χ1) is 13.2. The SMILES string of the molecule is CCNC(=NCCc1ccc(C)cc1)NC1CCN(c2ncccc2F)C1.I. The van der Waals surface area contributed by atoms with E-state index in [0.717, 1.165) is 45.0 Å². The monoisotopic (exact) mass is 497 g/mol. The average Bonchev–Trinajstić information content (AvgIpc) is 3.12. The molecule has 0 amide bonds. The summed E-state index contributed by atoms with van der Waals surface area (Å²) in [4.78, 5) is 10.9. The molecule has 1 aliphatic rings. The van der Waals surface area contributed by atoms with Gasteiger partial charge in [-0.1, -0.05) is 29.8 Å². The van der Waals surface area contributed by atoms with Crippen molar-refractivity contribution in [3.05, 3.63) is 59.5 Å². The lowest BCUT2D eigenvalue weighted by molar-refractivity contribution is 0.612. The molecule has 5 nitrogen and oxygen atoms in total. The summed E-state index contributed by atoms with van der Waals surface area (Å²) in [5, 5.41) is 6.78. The van der Waals surface area contributed by atoms with Gasteiger partial charge in [-0.05, 0) is 44.4 Å². The molecule has 3 rings (SSSR count). The fourth-order valence-corrected chi connectivity index (χ4v) is 3.25. The molecule has 0 aliphatic carbocycles. The maximum absolute atomic E-state index is 13.9. The predicted molar refractivity (Wildman–Crippen MR) is 124 cm³/mol.